The Labute approximate surface area is 202 Å². The Kier molecular flexibility index (Phi) is 5.58. The molecule has 0 fully saturated rings. The van der Waals surface area contributed by atoms with Gasteiger partial charge >= 0.3 is 6.18 Å². The molecule has 0 spiro atoms. The minimum Gasteiger partial charge on any atom is -0.319 e. The molecule has 0 aliphatic carbocycles. The number of amides is 1. The summed E-state index contributed by atoms with van der Waals surface area (Å²) in [5, 5.41) is 6.60. The lowest BCUT2D eigenvalue weighted by Crippen LogP contribution is -2.24. The van der Waals surface area contributed by atoms with Gasteiger partial charge in [0.05, 0.1) is 23.1 Å². The largest absolute Gasteiger partial charge is 0.416 e. The van der Waals surface area contributed by atoms with Gasteiger partial charge in [-0.25, -0.2) is 4.52 Å². The zero-order chi connectivity index (χ0) is 25.6. The average Bonchev–Trinajstić information content (AvgIpc) is 3.29. The highest BCUT2D eigenvalue weighted by Gasteiger charge is 2.30. The van der Waals surface area contributed by atoms with Crippen molar-refractivity contribution in [2.45, 2.75) is 26.6 Å². The van der Waals surface area contributed by atoms with Gasteiger partial charge in [-0.1, -0.05) is 42.0 Å². The lowest BCUT2D eigenvalue weighted by atomic mass is 10.1. The maximum absolute atomic E-state index is 13.5. The number of aryl methyl sites for hydroxylation is 2. The van der Waals surface area contributed by atoms with E-state index in [0.717, 1.165) is 28.8 Å². The maximum atomic E-state index is 13.5. The van der Waals surface area contributed by atoms with E-state index in [4.69, 9.17) is 0 Å². The fourth-order valence-electron chi connectivity index (χ4n) is 3.97. The highest BCUT2D eigenvalue weighted by atomic mass is 19.4. The van der Waals surface area contributed by atoms with Crippen molar-refractivity contribution in [3.63, 3.8) is 0 Å². The van der Waals surface area contributed by atoms with E-state index in [0.29, 0.717) is 11.0 Å². The molecule has 10 heteroatoms. The first-order valence-corrected chi connectivity index (χ1v) is 11.0. The van der Waals surface area contributed by atoms with E-state index < -0.39 is 23.2 Å². The predicted octanol–water partition coefficient (Wildman–Crippen LogP) is 4.98. The lowest BCUT2D eigenvalue weighted by molar-refractivity contribution is -0.137. The normalized spacial score (nSPS) is 11.8. The molecule has 0 saturated heterocycles. The quantitative estimate of drug-likeness (QED) is 0.385. The van der Waals surface area contributed by atoms with Crippen LogP contribution in [-0.4, -0.2) is 25.1 Å². The summed E-state index contributed by atoms with van der Waals surface area (Å²) in [6.45, 7) is 4.16. The zero-order valence-electron chi connectivity index (χ0n) is 19.3. The van der Waals surface area contributed by atoms with Gasteiger partial charge in [-0.3, -0.25) is 14.2 Å². The summed E-state index contributed by atoms with van der Waals surface area (Å²) in [4.78, 5) is 30.4. The monoisotopic (exact) mass is 491 g/mol. The molecule has 0 aliphatic rings. The Balaban J connectivity index is 1.59. The number of benzene rings is 3. The van der Waals surface area contributed by atoms with Crippen molar-refractivity contribution in [3.8, 4) is 0 Å². The van der Waals surface area contributed by atoms with Gasteiger partial charge < -0.3 is 5.32 Å². The van der Waals surface area contributed by atoms with E-state index >= 15 is 0 Å². The van der Waals surface area contributed by atoms with E-state index in [9.17, 15) is 22.8 Å². The number of carbonyl (C=O) groups is 1. The first kappa shape index (κ1) is 23.3. The molecule has 0 bridgehead atoms. The number of hydrogen-bond donors (Lipinski definition) is 1. The second-order valence-electron chi connectivity index (χ2n) is 8.57. The maximum Gasteiger partial charge on any atom is 0.416 e. The third-order valence-corrected chi connectivity index (χ3v) is 5.81. The van der Waals surface area contributed by atoms with Crippen molar-refractivity contribution in [2.24, 2.45) is 0 Å². The Morgan fingerprint density at radius 1 is 0.944 bits per heavy atom. The van der Waals surface area contributed by atoms with E-state index in [2.05, 4.69) is 15.4 Å². The predicted molar refractivity (Wildman–Crippen MR) is 129 cm³/mol. The van der Waals surface area contributed by atoms with Gasteiger partial charge in [0, 0.05) is 5.69 Å². The summed E-state index contributed by atoms with van der Waals surface area (Å²) in [5.74, 6) is -1.16. The second kappa shape index (κ2) is 8.63. The van der Waals surface area contributed by atoms with Gasteiger partial charge in [0.15, 0.2) is 0 Å². The van der Waals surface area contributed by atoms with E-state index in [1.807, 2.05) is 50.2 Å². The molecule has 36 heavy (non-hydrogen) atoms. The molecule has 2 aromatic heterocycles. The van der Waals surface area contributed by atoms with E-state index in [1.54, 1.807) is 10.6 Å². The fraction of sp³-hybridized carbons (Fsp3) is 0.154. The molecule has 182 valence electrons. The van der Waals surface area contributed by atoms with Crippen LogP contribution < -0.4 is 10.9 Å². The van der Waals surface area contributed by atoms with Crippen LogP contribution in [0.5, 0.6) is 0 Å². The lowest BCUT2D eigenvalue weighted by Gasteiger charge is -2.12. The fourth-order valence-corrected chi connectivity index (χ4v) is 3.97. The topological polar surface area (TPSA) is 81.3 Å². The molecule has 7 nitrogen and oxygen atoms in total. The van der Waals surface area contributed by atoms with Crippen molar-refractivity contribution < 1.29 is 18.0 Å². The van der Waals surface area contributed by atoms with Crippen molar-refractivity contribution in [2.75, 3.05) is 5.32 Å². The molecule has 0 unspecified atom stereocenters. The molecule has 5 rings (SSSR count). The number of anilines is 1. The molecule has 0 aliphatic heterocycles. The molecule has 0 saturated carbocycles. The molecule has 1 N–H and O–H groups in total. The number of nitrogens with one attached hydrogen (secondary N) is 1. The van der Waals surface area contributed by atoms with E-state index in [-0.39, 0.29) is 23.7 Å². The summed E-state index contributed by atoms with van der Waals surface area (Å²) in [5.41, 5.74) is 2.65. The average molecular weight is 491 g/mol. The van der Waals surface area contributed by atoms with Gasteiger partial charge in [-0.05, 0) is 55.3 Å². The minimum atomic E-state index is -4.55. The van der Waals surface area contributed by atoms with Gasteiger partial charge in [0.2, 0.25) is 11.5 Å². The Hall–Kier alpha value is -4.47. The first-order valence-electron chi connectivity index (χ1n) is 11.0. The van der Waals surface area contributed by atoms with Crippen molar-refractivity contribution >= 4 is 28.3 Å². The zero-order valence-corrected chi connectivity index (χ0v) is 19.3. The SMILES string of the molecule is Cc1ccc(Cn2c(=O)c3nc(C(=O)Nc4cccc(C(F)(F)F)c4)nn3c3ccc(C)cc32)cc1. The Bertz CT molecular complexity index is 1690. The molecule has 2 heterocycles. The Morgan fingerprint density at radius 3 is 2.39 bits per heavy atom. The van der Waals surface area contributed by atoms with Crippen molar-refractivity contribution in [1.29, 1.82) is 0 Å². The van der Waals surface area contributed by atoms with Gasteiger partial charge in [-0.15, -0.1) is 5.10 Å². The number of aromatic nitrogens is 4. The summed E-state index contributed by atoms with van der Waals surface area (Å²) < 4.78 is 41.9. The van der Waals surface area contributed by atoms with Gasteiger partial charge in [-0.2, -0.15) is 18.2 Å². The van der Waals surface area contributed by atoms with Crippen LogP contribution in [0.25, 0.3) is 16.7 Å². The third-order valence-electron chi connectivity index (χ3n) is 5.81. The van der Waals surface area contributed by atoms with Crippen LogP contribution in [0, 0.1) is 13.8 Å². The molecular formula is C26H20F3N5O2. The number of fused-ring (bicyclic) bond motifs is 3. The first-order chi connectivity index (χ1) is 17.1. The summed E-state index contributed by atoms with van der Waals surface area (Å²) >= 11 is 0. The van der Waals surface area contributed by atoms with Crippen LogP contribution >= 0.6 is 0 Å². The number of alkyl halides is 3. The summed E-state index contributed by atoms with van der Waals surface area (Å²) in [6.07, 6.45) is -4.55. The molecule has 5 aromatic rings. The number of hydrogen-bond acceptors (Lipinski definition) is 4. The highest BCUT2D eigenvalue weighted by Crippen LogP contribution is 2.30. The highest BCUT2D eigenvalue weighted by molar-refractivity contribution is 6.02. The summed E-state index contributed by atoms with van der Waals surface area (Å²) in [6, 6.07) is 17.5. The van der Waals surface area contributed by atoms with Crippen LogP contribution in [0.15, 0.2) is 71.5 Å². The van der Waals surface area contributed by atoms with Crippen molar-refractivity contribution in [1.82, 2.24) is 19.2 Å². The third kappa shape index (κ3) is 4.33. The van der Waals surface area contributed by atoms with Crippen LogP contribution in [0.3, 0.4) is 0 Å². The number of rotatable bonds is 4. The molecular weight excluding hydrogens is 471 g/mol. The van der Waals surface area contributed by atoms with Crippen molar-refractivity contribution in [3.05, 3.63) is 105 Å². The van der Waals surface area contributed by atoms with Gasteiger partial charge in [0.25, 0.3) is 11.5 Å². The second-order valence-corrected chi connectivity index (χ2v) is 8.57. The number of carbonyl (C=O) groups excluding carboxylic acids is 1. The smallest absolute Gasteiger partial charge is 0.319 e. The summed E-state index contributed by atoms with van der Waals surface area (Å²) in [7, 11) is 0. The van der Waals surface area contributed by atoms with E-state index in [1.165, 1.54) is 16.6 Å². The van der Waals surface area contributed by atoms with Crippen LogP contribution in [0.4, 0.5) is 18.9 Å². The van der Waals surface area contributed by atoms with Gasteiger partial charge in [0.1, 0.15) is 0 Å². The number of nitrogens with zero attached hydrogens (tertiary/aromatic N) is 4. The minimum absolute atomic E-state index is 0.0624. The van der Waals surface area contributed by atoms with Crippen LogP contribution in [0.1, 0.15) is 32.9 Å². The Morgan fingerprint density at radius 2 is 1.67 bits per heavy atom. The van der Waals surface area contributed by atoms with Crippen LogP contribution in [0.2, 0.25) is 0 Å². The molecule has 0 radical (unpaired) electrons. The number of halogens is 3. The molecule has 0 atom stereocenters. The molecule has 1 amide bonds. The van der Waals surface area contributed by atoms with Crippen LogP contribution in [-0.2, 0) is 12.7 Å². The standard InChI is InChI=1S/C26H20F3N5O2/c1-15-6-9-17(10-7-15)14-33-21-12-16(2)8-11-20(21)34-23(25(33)36)31-22(32-34)24(35)30-19-5-3-4-18(13-19)26(27,28)29/h3-13H,14H2,1-2H3,(H,30,35). The molecule has 3 aromatic carbocycles.